The van der Waals surface area contributed by atoms with Crippen molar-refractivity contribution in [3.63, 3.8) is 0 Å². The summed E-state index contributed by atoms with van der Waals surface area (Å²) in [6.07, 6.45) is 6.38. The van der Waals surface area contributed by atoms with E-state index in [9.17, 15) is 0 Å². The van der Waals surface area contributed by atoms with Gasteiger partial charge in [-0.1, -0.05) is 19.3 Å². The molecule has 3 unspecified atom stereocenters. The molecule has 1 rings (SSSR count). The van der Waals surface area contributed by atoms with E-state index >= 15 is 0 Å². The van der Waals surface area contributed by atoms with Crippen LogP contribution in [0.3, 0.4) is 0 Å². The molecule has 3 atom stereocenters. The summed E-state index contributed by atoms with van der Waals surface area (Å²) >= 11 is 0. The highest BCUT2D eigenvalue weighted by molar-refractivity contribution is 4.85. The SMILES string of the molecule is COCC(C)N(C)C1CCCCCC1N. The van der Waals surface area contributed by atoms with Crippen LogP contribution in [-0.2, 0) is 4.74 Å². The van der Waals surface area contributed by atoms with E-state index in [1.807, 2.05) is 0 Å². The van der Waals surface area contributed by atoms with Crippen LogP contribution in [0.1, 0.15) is 39.0 Å². The first-order valence-electron chi connectivity index (χ1n) is 6.13. The van der Waals surface area contributed by atoms with Crippen molar-refractivity contribution in [3.05, 3.63) is 0 Å². The van der Waals surface area contributed by atoms with E-state index in [1.54, 1.807) is 7.11 Å². The molecule has 15 heavy (non-hydrogen) atoms. The van der Waals surface area contributed by atoms with Crippen LogP contribution in [0.4, 0.5) is 0 Å². The molecule has 3 heteroatoms. The van der Waals surface area contributed by atoms with Gasteiger partial charge in [0.1, 0.15) is 0 Å². The molecule has 0 aliphatic heterocycles. The molecule has 1 saturated carbocycles. The highest BCUT2D eigenvalue weighted by Crippen LogP contribution is 2.21. The predicted octanol–water partition coefficient (Wildman–Crippen LogP) is 1.61. The van der Waals surface area contributed by atoms with Crippen molar-refractivity contribution in [3.8, 4) is 0 Å². The topological polar surface area (TPSA) is 38.5 Å². The van der Waals surface area contributed by atoms with Gasteiger partial charge in [-0.05, 0) is 26.8 Å². The van der Waals surface area contributed by atoms with Gasteiger partial charge < -0.3 is 10.5 Å². The largest absolute Gasteiger partial charge is 0.383 e. The fourth-order valence-electron chi connectivity index (χ4n) is 2.51. The molecule has 2 N–H and O–H groups in total. The zero-order chi connectivity index (χ0) is 11.3. The van der Waals surface area contributed by atoms with Crippen molar-refractivity contribution in [1.82, 2.24) is 4.90 Å². The van der Waals surface area contributed by atoms with Crippen molar-refractivity contribution in [2.75, 3.05) is 20.8 Å². The minimum Gasteiger partial charge on any atom is -0.383 e. The highest BCUT2D eigenvalue weighted by atomic mass is 16.5. The van der Waals surface area contributed by atoms with Crippen LogP contribution in [-0.4, -0.2) is 43.8 Å². The molecular formula is C12H26N2O. The Balaban J connectivity index is 2.50. The Kier molecular flexibility index (Phi) is 5.58. The Morgan fingerprint density at radius 3 is 2.67 bits per heavy atom. The van der Waals surface area contributed by atoms with E-state index in [2.05, 4.69) is 18.9 Å². The molecular weight excluding hydrogens is 188 g/mol. The lowest BCUT2D eigenvalue weighted by Crippen LogP contribution is -2.50. The quantitative estimate of drug-likeness (QED) is 0.723. The summed E-state index contributed by atoms with van der Waals surface area (Å²) < 4.78 is 5.20. The second-order valence-corrected chi connectivity index (χ2v) is 4.84. The first-order valence-corrected chi connectivity index (χ1v) is 6.13. The summed E-state index contributed by atoms with van der Waals surface area (Å²) in [5.74, 6) is 0. The molecule has 0 bridgehead atoms. The number of rotatable bonds is 4. The normalized spacial score (nSPS) is 30.2. The average molecular weight is 214 g/mol. The Bertz CT molecular complexity index is 175. The molecule has 0 aromatic rings. The highest BCUT2D eigenvalue weighted by Gasteiger charge is 2.26. The summed E-state index contributed by atoms with van der Waals surface area (Å²) in [4.78, 5) is 2.40. The molecule has 0 aromatic heterocycles. The Morgan fingerprint density at radius 2 is 2.00 bits per heavy atom. The van der Waals surface area contributed by atoms with Crippen molar-refractivity contribution in [2.24, 2.45) is 5.73 Å². The molecule has 1 fully saturated rings. The third kappa shape index (κ3) is 3.74. The van der Waals surface area contributed by atoms with Crippen LogP contribution in [0.5, 0.6) is 0 Å². The van der Waals surface area contributed by atoms with Gasteiger partial charge in [0.25, 0.3) is 0 Å². The maximum Gasteiger partial charge on any atom is 0.0615 e. The summed E-state index contributed by atoms with van der Waals surface area (Å²) in [5.41, 5.74) is 6.23. The molecule has 0 saturated heterocycles. The second-order valence-electron chi connectivity index (χ2n) is 4.84. The van der Waals surface area contributed by atoms with Crippen molar-refractivity contribution >= 4 is 0 Å². The van der Waals surface area contributed by atoms with Gasteiger partial charge in [-0.25, -0.2) is 0 Å². The third-order valence-corrected chi connectivity index (χ3v) is 3.66. The van der Waals surface area contributed by atoms with Gasteiger partial charge in [-0.15, -0.1) is 0 Å². The average Bonchev–Trinajstić information content (AvgIpc) is 2.42. The zero-order valence-corrected chi connectivity index (χ0v) is 10.4. The summed E-state index contributed by atoms with van der Waals surface area (Å²) in [7, 11) is 3.94. The standard InChI is InChI=1S/C12H26N2O/c1-10(9-15-3)14(2)12-8-6-4-5-7-11(12)13/h10-12H,4-9,13H2,1-3H3. The summed E-state index contributed by atoms with van der Waals surface area (Å²) in [5, 5.41) is 0. The lowest BCUT2D eigenvalue weighted by molar-refractivity contribution is 0.0776. The Labute approximate surface area is 94.0 Å². The fraction of sp³-hybridized carbons (Fsp3) is 1.00. The molecule has 0 heterocycles. The molecule has 1 aliphatic carbocycles. The number of hydrogen-bond donors (Lipinski definition) is 1. The van der Waals surface area contributed by atoms with E-state index in [-0.39, 0.29) is 0 Å². The van der Waals surface area contributed by atoms with Gasteiger partial charge >= 0.3 is 0 Å². The van der Waals surface area contributed by atoms with E-state index in [1.165, 1.54) is 32.1 Å². The van der Waals surface area contributed by atoms with Gasteiger partial charge in [0, 0.05) is 25.2 Å². The van der Waals surface area contributed by atoms with Crippen molar-refractivity contribution in [2.45, 2.75) is 57.2 Å². The van der Waals surface area contributed by atoms with Gasteiger partial charge in [-0.3, -0.25) is 4.90 Å². The number of nitrogens with two attached hydrogens (primary N) is 1. The number of nitrogens with zero attached hydrogens (tertiary/aromatic N) is 1. The van der Waals surface area contributed by atoms with E-state index < -0.39 is 0 Å². The maximum atomic E-state index is 6.23. The van der Waals surface area contributed by atoms with Crippen LogP contribution in [0.25, 0.3) is 0 Å². The zero-order valence-electron chi connectivity index (χ0n) is 10.4. The first-order chi connectivity index (χ1) is 7.16. The molecule has 0 amide bonds. The predicted molar refractivity (Wildman–Crippen MR) is 63.9 cm³/mol. The number of hydrogen-bond acceptors (Lipinski definition) is 3. The number of likely N-dealkylation sites (N-methyl/N-ethyl adjacent to an activating group) is 1. The van der Waals surface area contributed by atoms with Crippen LogP contribution < -0.4 is 5.73 Å². The van der Waals surface area contributed by atoms with E-state index in [0.29, 0.717) is 18.1 Å². The molecule has 0 aromatic carbocycles. The van der Waals surface area contributed by atoms with E-state index in [0.717, 1.165) is 6.61 Å². The van der Waals surface area contributed by atoms with Crippen LogP contribution in [0.15, 0.2) is 0 Å². The van der Waals surface area contributed by atoms with Gasteiger partial charge in [0.2, 0.25) is 0 Å². The van der Waals surface area contributed by atoms with Crippen LogP contribution in [0, 0.1) is 0 Å². The Hall–Kier alpha value is -0.120. The van der Waals surface area contributed by atoms with Gasteiger partial charge in [-0.2, -0.15) is 0 Å². The van der Waals surface area contributed by atoms with Gasteiger partial charge in [0.15, 0.2) is 0 Å². The van der Waals surface area contributed by atoms with Crippen molar-refractivity contribution in [1.29, 1.82) is 0 Å². The maximum absolute atomic E-state index is 6.23. The molecule has 0 radical (unpaired) electrons. The number of ether oxygens (including phenoxy) is 1. The van der Waals surface area contributed by atoms with Crippen LogP contribution in [0.2, 0.25) is 0 Å². The molecule has 90 valence electrons. The van der Waals surface area contributed by atoms with Crippen LogP contribution >= 0.6 is 0 Å². The monoisotopic (exact) mass is 214 g/mol. The lowest BCUT2D eigenvalue weighted by Gasteiger charge is -2.35. The van der Waals surface area contributed by atoms with E-state index in [4.69, 9.17) is 10.5 Å². The molecule has 3 nitrogen and oxygen atoms in total. The molecule has 1 aliphatic rings. The minimum absolute atomic E-state index is 0.344. The lowest BCUT2D eigenvalue weighted by atomic mass is 10.0. The minimum atomic E-state index is 0.344. The summed E-state index contributed by atoms with van der Waals surface area (Å²) in [6.45, 7) is 3.00. The molecule has 0 spiro atoms. The Morgan fingerprint density at radius 1 is 1.33 bits per heavy atom. The van der Waals surface area contributed by atoms with Gasteiger partial charge in [0.05, 0.1) is 6.61 Å². The fourth-order valence-corrected chi connectivity index (χ4v) is 2.51. The third-order valence-electron chi connectivity index (χ3n) is 3.66. The smallest absolute Gasteiger partial charge is 0.0615 e. The second kappa shape index (κ2) is 6.46. The van der Waals surface area contributed by atoms with Crippen molar-refractivity contribution < 1.29 is 4.74 Å². The first kappa shape index (κ1) is 12.9. The summed E-state index contributed by atoms with van der Waals surface area (Å²) in [6, 6.07) is 1.35. The number of methoxy groups -OCH3 is 1.